The Labute approximate surface area is 169 Å². The van der Waals surface area contributed by atoms with Crippen LogP contribution in [-0.2, 0) is 0 Å². The van der Waals surface area contributed by atoms with Crippen molar-refractivity contribution in [3.8, 4) is 22.3 Å². The second-order valence-corrected chi connectivity index (χ2v) is 7.41. The standard InChI is InChI=1S/C27H29N/c1-5-12-27(21(4)20(2)3)28-26-18-24(22-13-8-6-9-14-22)17-25(19-26)23-15-10-7-11-16-23/h5-20,28H,1-4H3/b12-5-,27-21+. The van der Waals surface area contributed by atoms with E-state index in [0.717, 1.165) is 5.69 Å². The Morgan fingerprint density at radius 1 is 0.750 bits per heavy atom. The summed E-state index contributed by atoms with van der Waals surface area (Å²) in [7, 11) is 0. The molecule has 28 heavy (non-hydrogen) atoms. The Kier molecular flexibility index (Phi) is 6.49. The van der Waals surface area contributed by atoms with Gasteiger partial charge in [0.25, 0.3) is 0 Å². The van der Waals surface area contributed by atoms with Crippen molar-refractivity contribution in [1.29, 1.82) is 0 Å². The van der Waals surface area contributed by atoms with Gasteiger partial charge in [0.1, 0.15) is 0 Å². The molecule has 0 amide bonds. The molecule has 0 radical (unpaired) electrons. The lowest BCUT2D eigenvalue weighted by Gasteiger charge is -2.17. The van der Waals surface area contributed by atoms with Crippen LogP contribution in [0, 0.1) is 5.92 Å². The number of anilines is 1. The van der Waals surface area contributed by atoms with E-state index >= 15 is 0 Å². The Morgan fingerprint density at radius 2 is 1.25 bits per heavy atom. The van der Waals surface area contributed by atoms with E-state index in [1.807, 2.05) is 0 Å². The van der Waals surface area contributed by atoms with E-state index in [9.17, 15) is 0 Å². The summed E-state index contributed by atoms with van der Waals surface area (Å²) >= 11 is 0. The first-order chi connectivity index (χ1) is 13.6. The van der Waals surface area contributed by atoms with Gasteiger partial charge >= 0.3 is 0 Å². The van der Waals surface area contributed by atoms with Crippen LogP contribution in [0.25, 0.3) is 22.3 Å². The third-order valence-corrected chi connectivity index (χ3v) is 5.05. The van der Waals surface area contributed by atoms with E-state index in [1.54, 1.807) is 0 Å². The number of allylic oxidation sites excluding steroid dienone is 3. The molecule has 0 aromatic heterocycles. The SMILES string of the molecule is C/C=C\C(Nc1cc(-c2ccccc2)cc(-c2ccccc2)c1)=C(\C)C(C)C. The maximum Gasteiger partial charge on any atom is 0.0396 e. The molecule has 0 spiro atoms. The number of rotatable bonds is 6. The number of hydrogen-bond acceptors (Lipinski definition) is 1. The van der Waals surface area contributed by atoms with Crippen molar-refractivity contribution < 1.29 is 0 Å². The Balaban J connectivity index is 2.11. The fourth-order valence-electron chi connectivity index (χ4n) is 3.20. The van der Waals surface area contributed by atoms with Gasteiger partial charge in [-0.1, -0.05) is 80.6 Å². The molecular formula is C27H29N. The van der Waals surface area contributed by atoms with Crippen molar-refractivity contribution in [2.24, 2.45) is 5.92 Å². The van der Waals surface area contributed by atoms with Gasteiger partial charge in [-0.3, -0.25) is 0 Å². The molecule has 0 aliphatic heterocycles. The first-order valence-corrected chi connectivity index (χ1v) is 9.95. The molecule has 0 aliphatic rings. The minimum Gasteiger partial charge on any atom is -0.356 e. The quantitative estimate of drug-likeness (QED) is 0.436. The molecule has 1 N–H and O–H groups in total. The molecule has 142 valence electrons. The lowest BCUT2D eigenvalue weighted by Crippen LogP contribution is -2.04. The van der Waals surface area contributed by atoms with Crippen LogP contribution in [0.15, 0.2) is 102 Å². The summed E-state index contributed by atoms with van der Waals surface area (Å²) in [6.07, 6.45) is 4.25. The van der Waals surface area contributed by atoms with E-state index < -0.39 is 0 Å². The molecule has 1 heteroatoms. The van der Waals surface area contributed by atoms with E-state index in [0.29, 0.717) is 5.92 Å². The van der Waals surface area contributed by atoms with Crippen LogP contribution in [0.2, 0.25) is 0 Å². The normalized spacial score (nSPS) is 12.3. The average molecular weight is 368 g/mol. The maximum atomic E-state index is 3.67. The fraction of sp³-hybridized carbons (Fsp3) is 0.185. The third kappa shape index (κ3) is 4.80. The zero-order valence-corrected chi connectivity index (χ0v) is 17.2. The number of nitrogens with one attached hydrogen (secondary N) is 1. The first kappa shape index (κ1) is 19.7. The van der Waals surface area contributed by atoms with Crippen LogP contribution in [0.1, 0.15) is 27.7 Å². The largest absolute Gasteiger partial charge is 0.356 e. The Morgan fingerprint density at radius 3 is 1.68 bits per heavy atom. The molecule has 0 heterocycles. The van der Waals surface area contributed by atoms with Crippen molar-refractivity contribution >= 4 is 5.69 Å². The van der Waals surface area contributed by atoms with E-state index in [1.165, 1.54) is 33.5 Å². The summed E-state index contributed by atoms with van der Waals surface area (Å²) in [5, 5.41) is 3.67. The molecule has 3 aromatic carbocycles. The number of hydrogen-bond donors (Lipinski definition) is 1. The molecule has 0 saturated carbocycles. The van der Waals surface area contributed by atoms with Crippen molar-refractivity contribution in [2.45, 2.75) is 27.7 Å². The highest BCUT2D eigenvalue weighted by Crippen LogP contribution is 2.31. The fourth-order valence-corrected chi connectivity index (χ4v) is 3.20. The van der Waals surface area contributed by atoms with Crippen molar-refractivity contribution in [2.75, 3.05) is 5.32 Å². The van der Waals surface area contributed by atoms with Crippen LogP contribution in [-0.4, -0.2) is 0 Å². The van der Waals surface area contributed by atoms with Crippen LogP contribution < -0.4 is 5.32 Å². The van der Waals surface area contributed by atoms with E-state index in [4.69, 9.17) is 0 Å². The topological polar surface area (TPSA) is 12.0 Å². The Hall–Kier alpha value is -3.06. The molecule has 3 rings (SSSR count). The van der Waals surface area contributed by atoms with Crippen molar-refractivity contribution in [3.05, 3.63) is 102 Å². The monoisotopic (exact) mass is 367 g/mol. The molecule has 0 atom stereocenters. The van der Waals surface area contributed by atoms with Gasteiger partial charge in [0.05, 0.1) is 0 Å². The highest BCUT2D eigenvalue weighted by atomic mass is 14.9. The molecule has 0 fully saturated rings. The second-order valence-electron chi connectivity index (χ2n) is 7.41. The third-order valence-electron chi connectivity index (χ3n) is 5.05. The summed E-state index contributed by atoms with van der Waals surface area (Å²) in [6, 6.07) is 27.9. The highest BCUT2D eigenvalue weighted by molar-refractivity contribution is 5.78. The van der Waals surface area contributed by atoms with Crippen LogP contribution in [0.5, 0.6) is 0 Å². The van der Waals surface area contributed by atoms with Crippen LogP contribution in [0.3, 0.4) is 0 Å². The molecular weight excluding hydrogens is 338 g/mol. The molecule has 0 saturated heterocycles. The van der Waals surface area contributed by atoms with Crippen molar-refractivity contribution in [3.63, 3.8) is 0 Å². The average Bonchev–Trinajstić information content (AvgIpc) is 2.74. The minimum atomic E-state index is 0.490. The first-order valence-electron chi connectivity index (χ1n) is 9.95. The zero-order valence-electron chi connectivity index (χ0n) is 17.2. The van der Waals surface area contributed by atoms with Gasteiger partial charge in [0, 0.05) is 11.4 Å². The molecule has 3 aromatic rings. The smallest absolute Gasteiger partial charge is 0.0396 e. The van der Waals surface area contributed by atoms with E-state index in [2.05, 4.69) is 124 Å². The second kappa shape index (κ2) is 9.23. The van der Waals surface area contributed by atoms with Gasteiger partial charge in [-0.2, -0.15) is 0 Å². The molecule has 0 unspecified atom stereocenters. The summed E-state index contributed by atoms with van der Waals surface area (Å²) in [6.45, 7) is 8.73. The highest BCUT2D eigenvalue weighted by Gasteiger charge is 2.08. The van der Waals surface area contributed by atoms with Crippen LogP contribution >= 0.6 is 0 Å². The summed E-state index contributed by atoms with van der Waals surface area (Å²) < 4.78 is 0. The van der Waals surface area contributed by atoms with Crippen molar-refractivity contribution in [1.82, 2.24) is 0 Å². The summed E-state index contributed by atoms with van der Waals surface area (Å²) in [4.78, 5) is 0. The van der Waals surface area contributed by atoms with Gasteiger partial charge in [0.2, 0.25) is 0 Å². The molecule has 0 aliphatic carbocycles. The van der Waals surface area contributed by atoms with Gasteiger partial charge < -0.3 is 5.32 Å². The minimum absolute atomic E-state index is 0.490. The maximum absolute atomic E-state index is 3.67. The molecule has 0 bridgehead atoms. The van der Waals surface area contributed by atoms with Crippen LogP contribution in [0.4, 0.5) is 5.69 Å². The van der Waals surface area contributed by atoms with Gasteiger partial charge in [0.15, 0.2) is 0 Å². The van der Waals surface area contributed by atoms with Gasteiger partial charge in [-0.15, -0.1) is 0 Å². The van der Waals surface area contributed by atoms with E-state index in [-0.39, 0.29) is 0 Å². The lowest BCUT2D eigenvalue weighted by atomic mass is 9.97. The summed E-state index contributed by atoms with van der Waals surface area (Å²) in [5.74, 6) is 0.490. The van der Waals surface area contributed by atoms with Gasteiger partial charge in [-0.05, 0) is 71.9 Å². The predicted octanol–water partition coefficient (Wildman–Crippen LogP) is 7.94. The predicted molar refractivity (Wildman–Crippen MR) is 123 cm³/mol. The molecule has 1 nitrogen and oxygen atoms in total. The zero-order chi connectivity index (χ0) is 19.9. The number of benzene rings is 3. The van der Waals surface area contributed by atoms with Gasteiger partial charge in [-0.25, -0.2) is 0 Å². The Bertz CT molecular complexity index is 906. The summed E-state index contributed by atoms with van der Waals surface area (Å²) in [5.41, 5.74) is 8.50. The lowest BCUT2D eigenvalue weighted by molar-refractivity contribution is 0.761.